The van der Waals surface area contributed by atoms with Crippen molar-refractivity contribution in [3.8, 4) is 0 Å². The van der Waals surface area contributed by atoms with E-state index in [1.165, 1.54) is 21.5 Å². The number of nitrogens with zero attached hydrogens (tertiary/aromatic N) is 2. The lowest BCUT2D eigenvalue weighted by Crippen LogP contribution is -2.44. The maximum atomic E-state index is 12.9. The molecule has 0 radical (unpaired) electrons. The quantitative estimate of drug-likeness (QED) is 0.723. The Morgan fingerprint density at radius 1 is 0.969 bits per heavy atom. The number of carbonyl (C=O) groups excluding carboxylic acids is 1. The van der Waals surface area contributed by atoms with Crippen LogP contribution in [0.25, 0.3) is 0 Å². The van der Waals surface area contributed by atoms with E-state index in [-0.39, 0.29) is 16.8 Å². The highest BCUT2D eigenvalue weighted by Crippen LogP contribution is 2.22. The third-order valence-electron chi connectivity index (χ3n) is 6.46. The van der Waals surface area contributed by atoms with Crippen molar-refractivity contribution in [3.63, 3.8) is 0 Å². The SMILES string of the molecule is Cc1cccc(CN2CCC(NC(=O)c3cccc(S(=O)(=O)N4CCCCC4)c3)CC2)c1. The maximum absolute atomic E-state index is 12.9. The van der Waals surface area contributed by atoms with Crippen LogP contribution in [0.2, 0.25) is 0 Å². The number of aryl methyl sites for hydroxylation is 1. The van der Waals surface area contributed by atoms with Crippen LogP contribution in [0.5, 0.6) is 0 Å². The van der Waals surface area contributed by atoms with Crippen LogP contribution in [0.4, 0.5) is 0 Å². The average molecular weight is 456 g/mol. The summed E-state index contributed by atoms with van der Waals surface area (Å²) in [5, 5.41) is 3.11. The normalized spacial score (nSPS) is 19.0. The van der Waals surface area contributed by atoms with Crippen LogP contribution in [0.15, 0.2) is 53.4 Å². The molecule has 32 heavy (non-hydrogen) atoms. The van der Waals surface area contributed by atoms with Gasteiger partial charge in [0.05, 0.1) is 4.90 Å². The standard InChI is InChI=1S/C25H33N3O3S/c1-20-7-5-8-21(17-20)19-27-15-11-23(12-16-27)26-25(29)22-9-6-10-24(18-22)32(30,31)28-13-3-2-4-14-28/h5-10,17-18,23H,2-4,11-16,19H2,1H3,(H,26,29). The molecule has 0 spiro atoms. The highest BCUT2D eigenvalue weighted by atomic mass is 32.2. The van der Waals surface area contributed by atoms with Gasteiger partial charge in [0.25, 0.3) is 5.91 Å². The number of rotatable bonds is 6. The summed E-state index contributed by atoms with van der Waals surface area (Å²) in [4.78, 5) is 15.5. The first kappa shape index (κ1) is 23.0. The van der Waals surface area contributed by atoms with E-state index in [0.717, 1.165) is 51.7 Å². The number of benzene rings is 2. The largest absolute Gasteiger partial charge is 0.349 e. The first-order valence-corrected chi connectivity index (χ1v) is 13.0. The van der Waals surface area contributed by atoms with E-state index in [2.05, 4.69) is 41.4 Å². The van der Waals surface area contributed by atoms with Gasteiger partial charge < -0.3 is 5.32 Å². The van der Waals surface area contributed by atoms with Gasteiger partial charge in [-0.2, -0.15) is 4.31 Å². The molecular weight excluding hydrogens is 422 g/mol. The number of hydrogen-bond acceptors (Lipinski definition) is 4. The molecule has 2 aliphatic heterocycles. The van der Waals surface area contributed by atoms with Gasteiger partial charge in [-0.15, -0.1) is 0 Å². The van der Waals surface area contributed by atoms with Gasteiger partial charge in [0.15, 0.2) is 0 Å². The molecule has 2 aliphatic rings. The molecule has 0 aliphatic carbocycles. The molecule has 0 bridgehead atoms. The molecule has 1 N–H and O–H groups in total. The van der Waals surface area contributed by atoms with E-state index in [4.69, 9.17) is 0 Å². The lowest BCUT2D eigenvalue weighted by Gasteiger charge is -2.32. The number of carbonyl (C=O) groups is 1. The number of nitrogens with one attached hydrogen (secondary N) is 1. The average Bonchev–Trinajstić information content (AvgIpc) is 2.81. The van der Waals surface area contributed by atoms with Gasteiger partial charge in [0.1, 0.15) is 0 Å². The fourth-order valence-electron chi connectivity index (χ4n) is 4.62. The van der Waals surface area contributed by atoms with Crippen LogP contribution in [0.1, 0.15) is 53.6 Å². The third-order valence-corrected chi connectivity index (χ3v) is 8.36. The minimum Gasteiger partial charge on any atom is -0.349 e. The fourth-order valence-corrected chi connectivity index (χ4v) is 6.19. The summed E-state index contributed by atoms with van der Waals surface area (Å²) < 4.78 is 27.4. The van der Waals surface area contributed by atoms with Crippen LogP contribution < -0.4 is 5.32 Å². The Morgan fingerprint density at radius 3 is 2.41 bits per heavy atom. The van der Waals surface area contributed by atoms with Crippen LogP contribution in [0, 0.1) is 6.92 Å². The molecular formula is C25H33N3O3S. The number of sulfonamides is 1. The van der Waals surface area contributed by atoms with Crippen molar-refractivity contribution < 1.29 is 13.2 Å². The molecule has 2 fully saturated rings. The molecule has 0 unspecified atom stereocenters. The minimum atomic E-state index is -3.54. The number of piperidine rings is 2. The Labute approximate surface area is 191 Å². The van der Waals surface area contributed by atoms with E-state index >= 15 is 0 Å². The van der Waals surface area contributed by atoms with Gasteiger partial charge in [0, 0.05) is 44.3 Å². The van der Waals surface area contributed by atoms with Crippen molar-refractivity contribution in [3.05, 3.63) is 65.2 Å². The molecule has 4 rings (SSSR count). The van der Waals surface area contributed by atoms with E-state index in [9.17, 15) is 13.2 Å². The smallest absolute Gasteiger partial charge is 0.251 e. The summed E-state index contributed by atoms with van der Waals surface area (Å²) in [7, 11) is -3.54. The highest BCUT2D eigenvalue weighted by Gasteiger charge is 2.27. The summed E-state index contributed by atoms with van der Waals surface area (Å²) in [6.07, 6.45) is 4.63. The summed E-state index contributed by atoms with van der Waals surface area (Å²) in [5.41, 5.74) is 3.00. The topological polar surface area (TPSA) is 69.7 Å². The highest BCUT2D eigenvalue weighted by molar-refractivity contribution is 7.89. The van der Waals surface area contributed by atoms with E-state index in [1.807, 2.05) is 0 Å². The van der Waals surface area contributed by atoms with Gasteiger partial charge in [-0.1, -0.05) is 42.3 Å². The Hall–Kier alpha value is -2.22. The van der Waals surface area contributed by atoms with Crippen molar-refractivity contribution in [1.82, 2.24) is 14.5 Å². The summed E-state index contributed by atoms with van der Waals surface area (Å²) in [6, 6.07) is 15.2. The first-order chi connectivity index (χ1) is 15.4. The third kappa shape index (κ3) is 5.57. The Kier molecular flexibility index (Phi) is 7.28. The van der Waals surface area contributed by atoms with Gasteiger partial charge in [0.2, 0.25) is 10.0 Å². The second-order valence-corrected chi connectivity index (χ2v) is 10.9. The van der Waals surface area contributed by atoms with Crippen LogP contribution in [-0.4, -0.2) is 55.8 Å². The van der Waals surface area contributed by atoms with Gasteiger partial charge in [-0.25, -0.2) is 8.42 Å². The van der Waals surface area contributed by atoms with Crippen molar-refractivity contribution in [2.45, 2.75) is 56.5 Å². The Balaban J connectivity index is 1.33. The molecule has 2 aromatic rings. The number of hydrogen-bond donors (Lipinski definition) is 1. The molecule has 0 saturated carbocycles. The van der Waals surface area contributed by atoms with Crippen LogP contribution in [-0.2, 0) is 16.6 Å². The fraction of sp³-hybridized carbons (Fsp3) is 0.480. The zero-order valence-corrected chi connectivity index (χ0v) is 19.6. The van der Waals surface area contributed by atoms with Crippen molar-refractivity contribution in [1.29, 1.82) is 0 Å². The van der Waals surface area contributed by atoms with Gasteiger partial charge in [-0.05, 0) is 56.4 Å². The monoisotopic (exact) mass is 455 g/mol. The summed E-state index contributed by atoms with van der Waals surface area (Å²) >= 11 is 0. The van der Waals surface area contributed by atoms with Crippen molar-refractivity contribution in [2.24, 2.45) is 0 Å². The number of amides is 1. The van der Waals surface area contributed by atoms with Crippen LogP contribution >= 0.6 is 0 Å². The lowest BCUT2D eigenvalue weighted by atomic mass is 10.0. The second kappa shape index (κ2) is 10.1. The molecule has 2 saturated heterocycles. The molecule has 2 aromatic carbocycles. The molecule has 1 amide bonds. The molecule has 172 valence electrons. The second-order valence-electron chi connectivity index (χ2n) is 9.01. The molecule has 0 atom stereocenters. The predicted molar refractivity (Wildman–Crippen MR) is 126 cm³/mol. The molecule has 6 nitrogen and oxygen atoms in total. The lowest BCUT2D eigenvalue weighted by molar-refractivity contribution is 0.0908. The minimum absolute atomic E-state index is 0.110. The Morgan fingerprint density at radius 2 is 1.69 bits per heavy atom. The van der Waals surface area contributed by atoms with E-state index in [1.54, 1.807) is 18.2 Å². The van der Waals surface area contributed by atoms with E-state index in [0.29, 0.717) is 18.7 Å². The Bertz CT molecular complexity index is 1040. The van der Waals surface area contributed by atoms with E-state index < -0.39 is 10.0 Å². The molecule has 2 heterocycles. The van der Waals surface area contributed by atoms with Crippen LogP contribution in [0.3, 0.4) is 0 Å². The predicted octanol–water partition coefficient (Wildman–Crippen LogP) is 3.56. The zero-order chi connectivity index (χ0) is 22.6. The van der Waals surface area contributed by atoms with Gasteiger partial charge in [-0.3, -0.25) is 9.69 Å². The van der Waals surface area contributed by atoms with Crippen molar-refractivity contribution in [2.75, 3.05) is 26.2 Å². The first-order valence-electron chi connectivity index (χ1n) is 11.6. The summed E-state index contributed by atoms with van der Waals surface area (Å²) in [6.45, 7) is 6.01. The number of likely N-dealkylation sites (tertiary alicyclic amines) is 1. The van der Waals surface area contributed by atoms with Gasteiger partial charge >= 0.3 is 0 Å². The molecule has 0 aromatic heterocycles. The van der Waals surface area contributed by atoms with Crippen molar-refractivity contribution >= 4 is 15.9 Å². The zero-order valence-electron chi connectivity index (χ0n) is 18.8. The maximum Gasteiger partial charge on any atom is 0.251 e. The molecule has 7 heteroatoms. The summed E-state index contributed by atoms with van der Waals surface area (Å²) in [5.74, 6) is -0.196.